The number of amides is 1. The van der Waals surface area contributed by atoms with Crippen LogP contribution in [0, 0.1) is 17.7 Å². The lowest BCUT2D eigenvalue weighted by molar-refractivity contribution is -0.117. The molecule has 2 nitrogen and oxygen atoms in total. The van der Waals surface area contributed by atoms with Crippen molar-refractivity contribution < 1.29 is 9.18 Å². The number of halogens is 2. The van der Waals surface area contributed by atoms with Gasteiger partial charge in [-0.1, -0.05) is 44.4 Å². The second-order valence-electron chi connectivity index (χ2n) is 5.85. The summed E-state index contributed by atoms with van der Waals surface area (Å²) < 4.78 is 13.6. The van der Waals surface area contributed by atoms with E-state index in [1.165, 1.54) is 24.6 Å². The van der Waals surface area contributed by atoms with E-state index in [2.05, 4.69) is 19.2 Å². The largest absolute Gasteiger partial charge is 0.350 e. The molecule has 0 aromatic heterocycles. The molecule has 1 aliphatic carbocycles. The average Bonchev–Trinajstić information content (AvgIpc) is 2.43. The van der Waals surface area contributed by atoms with Gasteiger partial charge < -0.3 is 5.32 Å². The number of carbonyl (C=O) groups is 1. The minimum atomic E-state index is -0.425. The van der Waals surface area contributed by atoms with Gasteiger partial charge in [0.15, 0.2) is 0 Å². The number of hydrogen-bond donors (Lipinski definition) is 1. The summed E-state index contributed by atoms with van der Waals surface area (Å²) in [7, 11) is 0. The van der Waals surface area contributed by atoms with Gasteiger partial charge in [-0.2, -0.15) is 0 Å². The van der Waals surface area contributed by atoms with Crippen LogP contribution in [0.1, 0.15) is 38.7 Å². The van der Waals surface area contributed by atoms with Gasteiger partial charge in [-0.15, -0.1) is 0 Å². The molecule has 0 bridgehead atoms. The first-order chi connectivity index (χ1) is 9.99. The summed E-state index contributed by atoms with van der Waals surface area (Å²) in [6.07, 6.45) is 6.15. The zero-order valence-corrected chi connectivity index (χ0v) is 13.2. The topological polar surface area (TPSA) is 29.1 Å². The van der Waals surface area contributed by atoms with Crippen molar-refractivity contribution in [3.05, 3.63) is 40.7 Å². The van der Waals surface area contributed by atoms with Gasteiger partial charge in [0.05, 0.1) is 5.02 Å². The van der Waals surface area contributed by atoms with Gasteiger partial charge in [0, 0.05) is 17.7 Å². The van der Waals surface area contributed by atoms with Gasteiger partial charge in [0.25, 0.3) is 0 Å². The Kier molecular flexibility index (Phi) is 5.40. The molecule has 0 radical (unpaired) electrons. The van der Waals surface area contributed by atoms with Crippen molar-refractivity contribution in [1.29, 1.82) is 0 Å². The number of nitrogens with one attached hydrogen (secondary N) is 1. The lowest BCUT2D eigenvalue weighted by Crippen LogP contribution is -2.43. The van der Waals surface area contributed by atoms with Crippen molar-refractivity contribution in [2.24, 2.45) is 11.8 Å². The van der Waals surface area contributed by atoms with Crippen LogP contribution in [0.4, 0.5) is 4.39 Å². The maximum atomic E-state index is 13.6. The highest BCUT2D eigenvalue weighted by Crippen LogP contribution is 2.29. The minimum Gasteiger partial charge on any atom is -0.350 e. The van der Waals surface area contributed by atoms with E-state index in [1.807, 2.05) is 0 Å². The fraction of sp³-hybridized carbons (Fsp3) is 0.471. The Morgan fingerprint density at radius 1 is 1.38 bits per heavy atom. The van der Waals surface area contributed by atoms with Crippen LogP contribution in [0.15, 0.2) is 24.3 Å². The SMILES string of the molecule is CC1CCCC(NC(=O)C=Cc2c(F)cccc2Cl)C1C. The van der Waals surface area contributed by atoms with E-state index < -0.39 is 5.82 Å². The molecule has 3 atom stereocenters. The fourth-order valence-corrected chi connectivity index (χ4v) is 3.07. The summed E-state index contributed by atoms with van der Waals surface area (Å²) in [5, 5.41) is 3.32. The molecule has 1 N–H and O–H groups in total. The highest BCUT2D eigenvalue weighted by Gasteiger charge is 2.27. The number of benzene rings is 1. The lowest BCUT2D eigenvalue weighted by atomic mass is 9.78. The van der Waals surface area contributed by atoms with Gasteiger partial charge >= 0.3 is 0 Å². The average molecular weight is 310 g/mol. The third-order valence-electron chi connectivity index (χ3n) is 4.44. The Labute approximate surface area is 130 Å². The van der Waals surface area contributed by atoms with Gasteiger partial charge in [-0.25, -0.2) is 4.39 Å². The van der Waals surface area contributed by atoms with Crippen molar-refractivity contribution in [3.8, 4) is 0 Å². The standard InChI is InChI=1S/C17H21ClFNO/c1-11-5-3-8-16(12(11)2)20-17(21)10-9-13-14(18)6-4-7-15(13)19/h4,6-7,9-12,16H,3,5,8H2,1-2H3,(H,20,21). The molecule has 1 saturated carbocycles. The molecule has 21 heavy (non-hydrogen) atoms. The zero-order chi connectivity index (χ0) is 15.4. The van der Waals surface area contributed by atoms with Crippen molar-refractivity contribution in [1.82, 2.24) is 5.32 Å². The molecule has 1 aromatic carbocycles. The molecule has 1 fully saturated rings. The van der Waals surface area contributed by atoms with Gasteiger partial charge in [-0.3, -0.25) is 4.79 Å². The third-order valence-corrected chi connectivity index (χ3v) is 4.77. The summed E-state index contributed by atoms with van der Waals surface area (Å²) in [6.45, 7) is 4.39. The van der Waals surface area contributed by atoms with Crippen LogP contribution in [0.3, 0.4) is 0 Å². The van der Waals surface area contributed by atoms with Crippen LogP contribution >= 0.6 is 11.6 Å². The van der Waals surface area contributed by atoms with E-state index in [1.54, 1.807) is 12.1 Å². The molecule has 1 aromatic rings. The molecule has 4 heteroatoms. The molecule has 1 aliphatic rings. The van der Waals surface area contributed by atoms with Crippen LogP contribution in [-0.2, 0) is 4.79 Å². The summed E-state index contributed by atoms with van der Waals surface area (Å²) >= 11 is 5.92. The number of rotatable bonds is 3. The predicted octanol–water partition coefficient (Wildman–Crippen LogP) is 4.43. The van der Waals surface area contributed by atoms with E-state index in [0.29, 0.717) is 16.9 Å². The smallest absolute Gasteiger partial charge is 0.244 e. The molecule has 0 spiro atoms. The molecule has 0 aliphatic heterocycles. The van der Waals surface area contributed by atoms with E-state index >= 15 is 0 Å². The molecule has 2 rings (SSSR count). The van der Waals surface area contributed by atoms with Crippen LogP contribution < -0.4 is 5.32 Å². The third kappa shape index (κ3) is 4.07. The maximum absolute atomic E-state index is 13.6. The van der Waals surface area contributed by atoms with Crippen LogP contribution in [0.25, 0.3) is 6.08 Å². The summed E-state index contributed by atoms with van der Waals surface area (Å²) in [5.74, 6) is 0.466. The Morgan fingerprint density at radius 2 is 2.14 bits per heavy atom. The normalized spacial score (nSPS) is 26.0. The Hall–Kier alpha value is -1.35. The molecule has 0 saturated heterocycles. The molecular formula is C17H21ClFNO. The Bertz CT molecular complexity index is 523. The fourth-order valence-electron chi connectivity index (χ4n) is 2.85. The molecule has 1 amide bonds. The van der Waals surface area contributed by atoms with Crippen molar-refractivity contribution >= 4 is 23.6 Å². The van der Waals surface area contributed by atoms with E-state index in [0.717, 1.165) is 12.8 Å². The Morgan fingerprint density at radius 3 is 2.86 bits per heavy atom. The number of hydrogen-bond acceptors (Lipinski definition) is 1. The summed E-state index contributed by atoms with van der Waals surface area (Å²) in [6, 6.07) is 4.67. The summed E-state index contributed by atoms with van der Waals surface area (Å²) in [5.41, 5.74) is 0.249. The molecule has 3 unspecified atom stereocenters. The molecular weight excluding hydrogens is 289 g/mol. The first-order valence-corrected chi connectivity index (χ1v) is 7.79. The van der Waals surface area contributed by atoms with Gasteiger partial charge in [0.1, 0.15) is 5.82 Å². The summed E-state index contributed by atoms with van der Waals surface area (Å²) in [4.78, 5) is 12.0. The highest BCUT2D eigenvalue weighted by molar-refractivity contribution is 6.32. The van der Waals surface area contributed by atoms with Crippen LogP contribution in [0.5, 0.6) is 0 Å². The van der Waals surface area contributed by atoms with Crippen molar-refractivity contribution in [2.75, 3.05) is 0 Å². The highest BCUT2D eigenvalue weighted by atomic mass is 35.5. The second-order valence-corrected chi connectivity index (χ2v) is 6.26. The van der Waals surface area contributed by atoms with Crippen LogP contribution in [0.2, 0.25) is 5.02 Å². The number of carbonyl (C=O) groups excluding carboxylic acids is 1. The van der Waals surface area contributed by atoms with E-state index in [9.17, 15) is 9.18 Å². The molecule has 114 valence electrons. The van der Waals surface area contributed by atoms with Crippen LogP contribution in [-0.4, -0.2) is 11.9 Å². The lowest BCUT2D eigenvalue weighted by Gasteiger charge is -2.34. The van der Waals surface area contributed by atoms with E-state index in [4.69, 9.17) is 11.6 Å². The minimum absolute atomic E-state index is 0.194. The first kappa shape index (κ1) is 16.0. The predicted molar refractivity (Wildman–Crippen MR) is 84.6 cm³/mol. The van der Waals surface area contributed by atoms with Crippen molar-refractivity contribution in [2.45, 2.75) is 39.2 Å². The van der Waals surface area contributed by atoms with Crippen molar-refractivity contribution in [3.63, 3.8) is 0 Å². The maximum Gasteiger partial charge on any atom is 0.244 e. The molecule has 0 heterocycles. The van der Waals surface area contributed by atoms with Gasteiger partial charge in [0.2, 0.25) is 5.91 Å². The zero-order valence-electron chi connectivity index (χ0n) is 12.4. The first-order valence-electron chi connectivity index (χ1n) is 7.41. The monoisotopic (exact) mass is 309 g/mol. The Balaban J connectivity index is 2.00. The quantitative estimate of drug-likeness (QED) is 0.822. The van der Waals surface area contributed by atoms with Gasteiger partial charge in [-0.05, 0) is 36.5 Å². The second kappa shape index (κ2) is 7.08. The van der Waals surface area contributed by atoms with E-state index in [-0.39, 0.29) is 17.5 Å².